The van der Waals surface area contributed by atoms with E-state index in [0.29, 0.717) is 13.0 Å². The zero-order valence-electron chi connectivity index (χ0n) is 14.3. The van der Waals surface area contributed by atoms with E-state index in [2.05, 4.69) is 40.7 Å². The molecule has 2 heterocycles. The highest BCUT2D eigenvalue weighted by Gasteiger charge is 2.53. The van der Waals surface area contributed by atoms with Crippen molar-refractivity contribution >= 4 is 24.2 Å². The fraction of sp³-hybridized carbons (Fsp3) is 0.588. The van der Waals surface area contributed by atoms with Crippen molar-refractivity contribution in [2.24, 2.45) is 0 Å². The summed E-state index contributed by atoms with van der Waals surface area (Å²) in [7, 11) is -0.412. The summed E-state index contributed by atoms with van der Waals surface area (Å²) in [6.45, 7) is 13.0. The normalized spacial score (nSPS) is 22.4. The second-order valence-corrected chi connectivity index (χ2v) is 7.20. The maximum atomic E-state index is 12.2. The van der Waals surface area contributed by atoms with Crippen molar-refractivity contribution < 1.29 is 14.1 Å². The van der Waals surface area contributed by atoms with Gasteiger partial charge in [-0.15, -0.1) is 0 Å². The van der Waals surface area contributed by atoms with Gasteiger partial charge in [0.25, 0.3) is 0 Å². The van der Waals surface area contributed by atoms with Crippen LogP contribution < -0.4 is 10.4 Å². The lowest BCUT2D eigenvalue weighted by Gasteiger charge is -2.32. The Morgan fingerprint density at radius 3 is 2.32 bits per heavy atom. The summed E-state index contributed by atoms with van der Waals surface area (Å²) >= 11 is 0. The molecule has 0 bridgehead atoms. The van der Waals surface area contributed by atoms with E-state index in [1.807, 2.05) is 17.9 Å². The summed E-state index contributed by atoms with van der Waals surface area (Å²) in [5.41, 5.74) is 3.45. The Balaban J connectivity index is 2.07. The van der Waals surface area contributed by atoms with Gasteiger partial charge in [-0.2, -0.15) is 0 Å². The highest BCUT2D eigenvalue weighted by Crippen LogP contribution is 2.38. The molecular formula is C17H24BNO3. The van der Waals surface area contributed by atoms with E-state index >= 15 is 0 Å². The van der Waals surface area contributed by atoms with Crippen LogP contribution in [0.1, 0.15) is 45.7 Å². The zero-order chi connectivity index (χ0) is 16.3. The van der Waals surface area contributed by atoms with E-state index in [1.54, 1.807) is 0 Å². The fourth-order valence-electron chi connectivity index (χ4n) is 3.23. The number of benzene rings is 1. The molecule has 0 aromatic heterocycles. The average Bonchev–Trinajstić information content (AvgIpc) is 2.82. The van der Waals surface area contributed by atoms with Crippen molar-refractivity contribution in [3.05, 3.63) is 23.3 Å². The lowest BCUT2D eigenvalue weighted by atomic mass is 9.72. The van der Waals surface area contributed by atoms with Crippen LogP contribution in [0, 0.1) is 6.92 Å². The Morgan fingerprint density at radius 1 is 1.18 bits per heavy atom. The fourth-order valence-corrected chi connectivity index (χ4v) is 3.23. The van der Waals surface area contributed by atoms with E-state index in [4.69, 9.17) is 9.31 Å². The van der Waals surface area contributed by atoms with Gasteiger partial charge in [0, 0.05) is 12.2 Å². The third kappa shape index (κ3) is 2.10. The van der Waals surface area contributed by atoms with Gasteiger partial charge in [-0.3, -0.25) is 4.79 Å². The molecule has 2 aliphatic rings. The minimum atomic E-state index is -0.412. The lowest BCUT2D eigenvalue weighted by Crippen LogP contribution is -2.41. The first-order chi connectivity index (χ1) is 10.2. The lowest BCUT2D eigenvalue weighted by molar-refractivity contribution is -0.117. The number of rotatable bonds is 2. The summed E-state index contributed by atoms with van der Waals surface area (Å²) in [6.07, 6.45) is 0.435. The molecule has 22 heavy (non-hydrogen) atoms. The van der Waals surface area contributed by atoms with Crippen LogP contribution >= 0.6 is 0 Å². The minimum absolute atomic E-state index is 0.154. The van der Waals surface area contributed by atoms with Crippen molar-refractivity contribution in [2.75, 3.05) is 11.4 Å². The summed E-state index contributed by atoms with van der Waals surface area (Å²) in [6, 6.07) is 4.09. The van der Waals surface area contributed by atoms with Crippen LogP contribution in [-0.2, 0) is 20.5 Å². The maximum Gasteiger partial charge on any atom is 0.495 e. The molecule has 1 aromatic carbocycles. The molecule has 0 N–H and O–H groups in total. The molecule has 1 fully saturated rings. The second kappa shape index (κ2) is 4.83. The van der Waals surface area contributed by atoms with Crippen LogP contribution in [0.4, 0.5) is 5.69 Å². The SMILES string of the molecule is CCN1C(=O)Cc2c1ccc(C)c2B1OC(C)(C)C(C)(C)O1. The number of carbonyl (C=O) groups is 1. The van der Waals surface area contributed by atoms with Crippen LogP contribution in [0.3, 0.4) is 0 Å². The molecule has 1 saturated heterocycles. The largest absolute Gasteiger partial charge is 0.495 e. The first-order valence-corrected chi connectivity index (χ1v) is 7.96. The van der Waals surface area contributed by atoms with Crippen LogP contribution in [0.2, 0.25) is 0 Å². The maximum absolute atomic E-state index is 12.2. The summed E-state index contributed by atoms with van der Waals surface area (Å²) < 4.78 is 12.4. The highest BCUT2D eigenvalue weighted by atomic mass is 16.7. The summed E-state index contributed by atoms with van der Waals surface area (Å²) in [4.78, 5) is 14.1. The van der Waals surface area contributed by atoms with E-state index in [9.17, 15) is 4.79 Å². The molecule has 5 heteroatoms. The van der Waals surface area contributed by atoms with Crippen LogP contribution in [0.5, 0.6) is 0 Å². The van der Waals surface area contributed by atoms with E-state index in [1.165, 1.54) is 0 Å². The Morgan fingerprint density at radius 2 is 1.77 bits per heavy atom. The van der Waals surface area contributed by atoms with Crippen LogP contribution in [0.25, 0.3) is 0 Å². The Kier molecular flexibility index (Phi) is 3.42. The molecule has 0 spiro atoms. The molecule has 3 rings (SSSR count). The number of nitrogens with zero attached hydrogens (tertiary/aromatic N) is 1. The van der Waals surface area contributed by atoms with E-state index < -0.39 is 7.12 Å². The van der Waals surface area contributed by atoms with Gasteiger partial charge in [0.05, 0.1) is 17.6 Å². The van der Waals surface area contributed by atoms with Gasteiger partial charge in [-0.25, -0.2) is 0 Å². The van der Waals surface area contributed by atoms with Gasteiger partial charge in [0.15, 0.2) is 0 Å². The first-order valence-electron chi connectivity index (χ1n) is 7.96. The van der Waals surface area contributed by atoms with Gasteiger partial charge in [-0.1, -0.05) is 11.6 Å². The molecule has 4 nitrogen and oxygen atoms in total. The van der Waals surface area contributed by atoms with Crippen molar-refractivity contribution in [3.8, 4) is 0 Å². The molecule has 0 saturated carbocycles. The highest BCUT2D eigenvalue weighted by molar-refractivity contribution is 6.63. The molecule has 1 amide bonds. The molecule has 118 valence electrons. The second-order valence-electron chi connectivity index (χ2n) is 7.20. The van der Waals surface area contributed by atoms with Crippen molar-refractivity contribution in [1.29, 1.82) is 0 Å². The third-order valence-electron chi connectivity index (χ3n) is 5.28. The number of hydrogen-bond donors (Lipinski definition) is 0. The van der Waals surface area contributed by atoms with Crippen molar-refractivity contribution in [2.45, 2.75) is 59.2 Å². The predicted molar refractivity (Wildman–Crippen MR) is 88.6 cm³/mol. The van der Waals surface area contributed by atoms with E-state index in [0.717, 1.165) is 22.3 Å². The van der Waals surface area contributed by atoms with E-state index in [-0.39, 0.29) is 17.1 Å². The number of fused-ring (bicyclic) bond motifs is 1. The molecule has 1 aromatic rings. The monoisotopic (exact) mass is 301 g/mol. The molecule has 2 aliphatic heterocycles. The summed E-state index contributed by atoms with van der Waals surface area (Å²) in [5, 5.41) is 0. The van der Waals surface area contributed by atoms with Crippen LogP contribution in [-0.4, -0.2) is 30.8 Å². The Bertz CT molecular complexity index is 623. The number of likely N-dealkylation sites (N-methyl/N-ethyl adjacent to an activating group) is 1. The number of hydrogen-bond acceptors (Lipinski definition) is 3. The Hall–Kier alpha value is -1.33. The summed E-state index contributed by atoms with van der Waals surface area (Å²) in [5.74, 6) is 0.154. The molecular weight excluding hydrogens is 277 g/mol. The smallest absolute Gasteiger partial charge is 0.399 e. The quantitative estimate of drug-likeness (QED) is 0.786. The van der Waals surface area contributed by atoms with Gasteiger partial charge in [0.2, 0.25) is 5.91 Å². The van der Waals surface area contributed by atoms with Gasteiger partial charge in [-0.05, 0) is 58.6 Å². The van der Waals surface area contributed by atoms with Crippen molar-refractivity contribution in [3.63, 3.8) is 0 Å². The minimum Gasteiger partial charge on any atom is -0.399 e. The number of aryl methyl sites for hydroxylation is 1. The third-order valence-corrected chi connectivity index (χ3v) is 5.28. The number of carbonyl (C=O) groups excluding carboxylic acids is 1. The molecule has 0 atom stereocenters. The zero-order valence-corrected chi connectivity index (χ0v) is 14.3. The molecule has 0 radical (unpaired) electrons. The number of amides is 1. The van der Waals surface area contributed by atoms with Gasteiger partial charge < -0.3 is 14.2 Å². The van der Waals surface area contributed by atoms with Crippen LogP contribution in [0.15, 0.2) is 12.1 Å². The van der Waals surface area contributed by atoms with Gasteiger partial charge in [0.1, 0.15) is 0 Å². The average molecular weight is 301 g/mol. The topological polar surface area (TPSA) is 38.8 Å². The Labute approximate surface area is 132 Å². The predicted octanol–water partition coefficient (Wildman–Crippen LogP) is 2.20. The molecule has 0 unspecified atom stereocenters. The number of anilines is 1. The molecule has 0 aliphatic carbocycles. The van der Waals surface area contributed by atoms with Crippen molar-refractivity contribution in [1.82, 2.24) is 0 Å². The standard InChI is InChI=1S/C17H24BNO3/c1-7-19-13-9-8-11(2)15(12(13)10-14(19)20)18-21-16(3,4)17(5,6)22-18/h8-9H,7,10H2,1-6H3. The first kappa shape index (κ1) is 15.6. The van der Waals surface area contributed by atoms with Gasteiger partial charge >= 0.3 is 7.12 Å².